The molecule has 1 heterocycles. The Balaban J connectivity index is 2.21. The van der Waals surface area contributed by atoms with Crippen molar-refractivity contribution in [2.24, 2.45) is 0 Å². The van der Waals surface area contributed by atoms with Crippen LogP contribution in [-0.4, -0.2) is 42.8 Å². The van der Waals surface area contributed by atoms with Crippen LogP contribution in [0.15, 0.2) is 36.4 Å². The third-order valence-electron chi connectivity index (χ3n) is 4.77. The normalized spacial score (nSPS) is 12.1. The maximum atomic E-state index is 12.6. The van der Waals surface area contributed by atoms with E-state index in [-0.39, 0.29) is 45.5 Å². The van der Waals surface area contributed by atoms with E-state index in [0.29, 0.717) is 22.3 Å². The number of hydrogen-bond acceptors (Lipinski definition) is 5. The number of rotatable bonds is 9. The summed E-state index contributed by atoms with van der Waals surface area (Å²) in [6.07, 6.45) is 1.73. The second kappa shape index (κ2) is 10.5. The van der Waals surface area contributed by atoms with Crippen LogP contribution >= 0.6 is 23.2 Å². The molecule has 3 aromatic rings. The van der Waals surface area contributed by atoms with E-state index in [1.165, 1.54) is 36.4 Å². The highest BCUT2D eigenvalue weighted by Crippen LogP contribution is 2.35. The summed E-state index contributed by atoms with van der Waals surface area (Å²) in [5.74, 6) is -2.05. The number of nitrogens with one attached hydrogen (secondary N) is 2. The number of carboxylic acids is 1. The van der Waals surface area contributed by atoms with Crippen LogP contribution in [0.2, 0.25) is 10.0 Å². The van der Waals surface area contributed by atoms with Crippen molar-refractivity contribution in [1.29, 1.82) is 0 Å². The lowest BCUT2D eigenvalue weighted by molar-refractivity contribution is -0.130. The molecule has 11 heteroatoms. The molecule has 0 aliphatic heterocycles. The number of aromatic nitrogens is 1. The molecule has 0 saturated carbocycles. The van der Waals surface area contributed by atoms with E-state index >= 15 is 0 Å². The zero-order chi connectivity index (χ0) is 25.0. The second-order valence-electron chi connectivity index (χ2n) is 7.31. The molecule has 2 aromatic carbocycles. The van der Waals surface area contributed by atoms with Gasteiger partial charge >= 0.3 is 11.9 Å². The lowest BCUT2D eigenvalue weighted by atomic mass is 10.0. The summed E-state index contributed by atoms with van der Waals surface area (Å²) in [4.78, 5) is 27.7. The first-order valence-electron chi connectivity index (χ1n) is 10.3. The van der Waals surface area contributed by atoms with E-state index in [1.807, 2.05) is 0 Å². The molecule has 1 aromatic heterocycles. The number of carboxylic acid groups (broad SMARTS) is 1. The molecule has 0 amide bonds. The van der Waals surface area contributed by atoms with Crippen molar-refractivity contribution in [1.82, 2.24) is 4.98 Å². The van der Waals surface area contributed by atoms with E-state index in [4.69, 9.17) is 27.9 Å². The average Bonchev–Trinajstić information content (AvgIpc) is 3.10. The van der Waals surface area contributed by atoms with Gasteiger partial charge in [0.2, 0.25) is 10.0 Å². The van der Waals surface area contributed by atoms with Crippen LogP contribution in [0.5, 0.6) is 0 Å². The molecule has 0 atom stereocenters. The molecule has 0 fully saturated rings. The maximum absolute atomic E-state index is 12.6. The topological polar surface area (TPSA) is 126 Å². The number of carbonyl (C=O) groups excluding carboxylic acids is 1. The monoisotopic (exact) mass is 524 g/mol. The van der Waals surface area contributed by atoms with Gasteiger partial charge in [-0.2, -0.15) is 0 Å². The Morgan fingerprint density at radius 2 is 1.91 bits per heavy atom. The van der Waals surface area contributed by atoms with Gasteiger partial charge in [0, 0.05) is 27.2 Å². The quantitative estimate of drug-likeness (QED) is 0.253. The first-order valence-corrected chi connectivity index (χ1v) is 12.7. The van der Waals surface area contributed by atoms with Gasteiger partial charge in [0.05, 0.1) is 23.0 Å². The average molecular weight is 525 g/mol. The van der Waals surface area contributed by atoms with E-state index in [1.54, 1.807) is 19.9 Å². The number of carbonyl (C=O) groups is 2. The smallest absolute Gasteiger partial charge is 0.355 e. The number of hydrogen-bond donors (Lipinski definition) is 3. The number of halogens is 2. The minimum Gasteiger partial charge on any atom is -0.478 e. The summed E-state index contributed by atoms with van der Waals surface area (Å²) >= 11 is 12.5. The van der Waals surface area contributed by atoms with Crippen LogP contribution in [0.1, 0.15) is 41.9 Å². The Morgan fingerprint density at radius 1 is 1.18 bits per heavy atom. The molecular formula is C23H22Cl2N2O6S. The first-order chi connectivity index (χ1) is 16.1. The number of aromatic amines is 1. The molecule has 3 rings (SSSR count). The highest BCUT2D eigenvalue weighted by atomic mass is 35.5. The molecule has 0 aliphatic carbocycles. The number of fused-ring (bicyclic) bond motifs is 1. The molecule has 0 unspecified atom stereocenters. The Hall–Kier alpha value is -3.01. The largest absolute Gasteiger partial charge is 0.478 e. The number of sulfonamides is 1. The molecule has 34 heavy (non-hydrogen) atoms. The van der Waals surface area contributed by atoms with Gasteiger partial charge in [-0.3, -0.25) is 4.72 Å². The van der Waals surface area contributed by atoms with Gasteiger partial charge in [-0.05, 0) is 49.2 Å². The van der Waals surface area contributed by atoms with Gasteiger partial charge in [-0.1, -0.05) is 42.3 Å². The van der Waals surface area contributed by atoms with Crippen molar-refractivity contribution in [3.05, 3.63) is 63.3 Å². The number of aliphatic carboxylic acids is 1. The van der Waals surface area contributed by atoms with Crippen molar-refractivity contribution in [2.75, 3.05) is 17.1 Å². The number of H-pyrrole nitrogens is 1. The summed E-state index contributed by atoms with van der Waals surface area (Å²) in [6, 6.07) is 9.02. The molecular weight excluding hydrogens is 503 g/mol. The molecule has 8 nitrogen and oxygen atoms in total. The Labute approximate surface area is 206 Å². The SMILES string of the molecule is CCCS(=O)(=O)Nc1cccc(/C(=C/c2c(C(=O)OCC)[nH]c3cc(Cl)cc(Cl)c23)C(=O)O)c1. The Bertz CT molecular complexity index is 1400. The molecule has 0 aliphatic rings. The summed E-state index contributed by atoms with van der Waals surface area (Å²) in [5, 5.41) is 10.9. The summed E-state index contributed by atoms with van der Waals surface area (Å²) in [6.45, 7) is 3.49. The van der Waals surface area contributed by atoms with E-state index in [0.717, 1.165) is 0 Å². The Morgan fingerprint density at radius 3 is 2.56 bits per heavy atom. The zero-order valence-electron chi connectivity index (χ0n) is 18.3. The lowest BCUT2D eigenvalue weighted by Crippen LogP contribution is -2.16. The minimum atomic E-state index is -3.57. The van der Waals surface area contributed by atoms with Crippen LogP contribution < -0.4 is 4.72 Å². The molecule has 0 bridgehead atoms. The summed E-state index contributed by atoms with van der Waals surface area (Å²) < 4.78 is 31.8. The second-order valence-corrected chi connectivity index (χ2v) is 9.99. The van der Waals surface area contributed by atoms with E-state index < -0.39 is 22.0 Å². The fraction of sp³-hybridized carbons (Fsp3) is 0.217. The number of ether oxygens (including phenoxy) is 1. The first kappa shape index (κ1) is 25.6. The van der Waals surface area contributed by atoms with E-state index in [9.17, 15) is 23.1 Å². The van der Waals surface area contributed by atoms with Crippen molar-refractivity contribution >= 4 is 73.4 Å². The van der Waals surface area contributed by atoms with Crippen LogP contribution in [0, 0.1) is 0 Å². The number of anilines is 1. The van der Waals surface area contributed by atoms with Gasteiger partial charge in [-0.15, -0.1) is 0 Å². The third kappa shape index (κ3) is 5.72. The summed E-state index contributed by atoms with van der Waals surface area (Å²) in [5.41, 5.74) is 0.904. The maximum Gasteiger partial charge on any atom is 0.355 e. The van der Waals surface area contributed by atoms with Crippen molar-refractivity contribution < 1.29 is 27.9 Å². The Kier molecular flexibility index (Phi) is 7.91. The highest BCUT2D eigenvalue weighted by molar-refractivity contribution is 7.92. The third-order valence-corrected chi connectivity index (χ3v) is 6.78. The van der Waals surface area contributed by atoms with Crippen LogP contribution in [0.4, 0.5) is 5.69 Å². The fourth-order valence-electron chi connectivity index (χ4n) is 3.44. The molecule has 3 N–H and O–H groups in total. The van der Waals surface area contributed by atoms with Crippen molar-refractivity contribution in [3.63, 3.8) is 0 Å². The van der Waals surface area contributed by atoms with Crippen molar-refractivity contribution in [3.8, 4) is 0 Å². The lowest BCUT2D eigenvalue weighted by Gasteiger charge is -2.10. The standard InChI is InChI=1S/C23H22Cl2N2O6S/c1-3-8-34(31,32)27-15-7-5-6-13(9-15)16(22(28)29)12-17-20-18(25)10-14(24)11-19(20)26-21(17)23(30)33-4-2/h5-7,9-12,26-27H,3-4,8H2,1-2H3,(H,28,29)/b16-12-. The van der Waals surface area contributed by atoms with E-state index in [2.05, 4.69) is 9.71 Å². The van der Waals surface area contributed by atoms with Gasteiger partial charge in [-0.25, -0.2) is 18.0 Å². The van der Waals surface area contributed by atoms with Crippen molar-refractivity contribution in [2.45, 2.75) is 20.3 Å². The van der Waals surface area contributed by atoms with Crippen LogP contribution in [-0.2, 0) is 19.6 Å². The zero-order valence-corrected chi connectivity index (χ0v) is 20.6. The number of benzene rings is 2. The molecule has 0 saturated heterocycles. The molecule has 180 valence electrons. The van der Waals surface area contributed by atoms with Gasteiger partial charge in [0.15, 0.2) is 0 Å². The fourth-order valence-corrected chi connectivity index (χ4v) is 5.16. The molecule has 0 radical (unpaired) electrons. The predicted octanol–water partition coefficient (Wildman–Crippen LogP) is 5.43. The summed E-state index contributed by atoms with van der Waals surface area (Å²) in [7, 11) is -3.57. The van der Waals surface area contributed by atoms with Crippen LogP contribution in [0.25, 0.3) is 22.6 Å². The van der Waals surface area contributed by atoms with Gasteiger partial charge in [0.25, 0.3) is 0 Å². The van der Waals surface area contributed by atoms with Gasteiger partial charge in [0.1, 0.15) is 5.69 Å². The minimum absolute atomic E-state index is 0.0135. The number of esters is 1. The van der Waals surface area contributed by atoms with Crippen LogP contribution in [0.3, 0.4) is 0 Å². The molecule has 0 spiro atoms. The predicted molar refractivity (Wildman–Crippen MR) is 134 cm³/mol. The highest BCUT2D eigenvalue weighted by Gasteiger charge is 2.22. The van der Waals surface area contributed by atoms with Gasteiger partial charge < -0.3 is 14.8 Å².